The summed E-state index contributed by atoms with van der Waals surface area (Å²) in [4.78, 5) is 0.260. The van der Waals surface area contributed by atoms with Gasteiger partial charge in [0.2, 0.25) is 0 Å². The second-order valence-electron chi connectivity index (χ2n) is 4.59. The summed E-state index contributed by atoms with van der Waals surface area (Å²) >= 11 is 0. The van der Waals surface area contributed by atoms with Gasteiger partial charge >= 0.3 is 0 Å². The molecule has 1 aromatic carbocycles. The van der Waals surface area contributed by atoms with Crippen LogP contribution in [-0.2, 0) is 10.0 Å². The quantitative estimate of drug-likeness (QED) is 0.621. The van der Waals surface area contributed by atoms with Crippen LogP contribution in [0.2, 0.25) is 0 Å². The van der Waals surface area contributed by atoms with Crippen molar-refractivity contribution < 1.29 is 8.42 Å². The number of allylic oxidation sites excluding steroid dienone is 2. The van der Waals surface area contributed by atoms with E-state index in [0.717, 1.165) is 24.8 Å². The van der Waals surface area contributed by atoms with Gasteiger partial charge in [0.05, 0.1) is 4.90 Å². The van der Waals surface area contributed by atoms with Crippen LogP contribution in [0.5, 0.6) is 0 Å². The summed E-state index contributed by atoms with van der Waals surface area (Å²) in [6.45, 7) is 1.92. The molecule has 0 spiro atoms. The molecule has 1 aliphatic carbocycles. The average Bonchev–Trinajstić information content (AvgIpc) is 2.38. The number of sulfonamides is 1. The summed E-state index contributed by atoms with van der Waals surface area (Å²) in [7, 11) is -3.53. The van der Waals surface area contributed by atoms with Gasteiger partial charge in [-0.2, -0.15) is 12.8 Å². The van der Waals surface area contributed by atoms with E-state index in [9.17, 15) is 8.42 Å². The van der Waals surface area contributed by atoms with E-state index in [2.05, 4.69) is 16.5 Å². The minimum absolute atomic E-state index is 0.246. The van der Waals surface area contributed by atoms with Gasteiger partial charge in [0.1, 0.15) is 0 Å². The molecule has 1 aliphatic rings. The van der Waals surface area contributed by atoms with Crippen LogP contribution in [-0.4, -0.2) is 14.6 Å². The van der Waals surface area contributed by atoms with Gasteiger partial charge in [-0.1, -0.05) is 29.8 Å². The zero-order chi connectivity index (χ0) is 13.0. The second-order valence-corrected chi connectivity index (χ2v) is 6.22. The van der Waals surface area contributed by atoms with Gasteiger partial charge in [-0.15, -0.1) is 0 Å². The van der Waals surface area contributed by atoms with Gasteiger partial charge in [0.25, 0.3) is 10.0 Å². The molecular weight excluding hydrogens is 246 g/mol. The molecule has 0 aliphatic heterocycles. The highest BCUT2D eigenvalue weighted by Crippen LogP contribution is 2.18. The van der Waals surface area contributed by atoms with E-state index in [0.29, 0.717) is 0 Å². The van der Waals surface area contributed by atoms with Gasteiger partial charge in [-0.25, -0.2) is 0 Å². The Labute approximate surface area is 108 Å². The lowest BCUT2D eigenvalue weighted by Crippen LogP contribution is -2.06. The molecule has 0 aromatic heterocycles. The molecule has 0 radical (unpaired) electrons. The minimum Gasteiger partial charge on any atom is -0.199 e. The van der Waals surface area contributed by atoms with Crippen LogP contribution in [0, 0.1) is 12.8 Å². The fourth-order valence-electron chi connectivity index (χ4n) is 1.89. The Hall–Kier alpha value is -1.42. The Kier molecular flexibility index (Phi) is 3.97. The highest BCUT2D eigenvalue weighted by molar-refractivity contribution is 7.90. The van der Waals surface area contributed by atoms with Gasteiger partial charge in [0.15, 0.2) is 0 Å². The zero-order valence-electron chi connectivity index (χ0n) is 10.4. The molecule has 0 heterocycles. The molecule has 1 atom stereocenters. The Bertz CT molecular complexity index is 556. The molecular formula is C14H17NO2S. The van der Waals surface area contributed by atoms with E-state index in [1.54, 1.807) is 30.5 Å². The number of benzene rings is 1. The SMILES string of the molecule is Cc1ccc(S(=O)(=O)/N=C/C2CC=CCC2)cc1. The van der Waals surface area contributed by atoms with E-state index in [-0.39, 0.29) is 10.8 Å². The van der Waals surface area contributed by atoms with Crippen LogP contribution in [0.3, 0.4) is 0 Å². The van der Waals surface area contributed by atoms with E-state index >= 15 is 0 Å². The average molecular weight is 263 g/mol. The Balaban J connectivity index is 2.14. The first-order valence-electron chi connectivity index (χ1n) is 6.10. The lowest BCUT2D eigenvalue weighted by Gasteiger charge is -2.11. The summed E-state index contributed by atoms with van der Waals surface area (Å²) in [6, 6.07) is 6.77. The van der Waals surface area contributed by atoms with E-state index in [1.807, 2.05) is 6.92 Å². The van der Waals surface area contributed by atoms with Crippen molar-refractivity contribution in [2.24, 2.45) is 10.3 Å². The van der Waals surface area contributed by atoms with E-state index in [4.69, 9.17) is 0 Å². The van der Waals surface area contributed by atoms with Crippen molar-refractivity contribution in [1.29, 1.82) is 0 Å². The van der Waals surface area contributed by atoms with Crippen molar-refractivity contribution in [2.75, 3.05) is 0 Å². The van der Waals surface area contributed by atoms with Gasteiger partial charge < -0.3 is 0 Å². The highest BCUT2D eigenvalue weighted by Gasteiger charge is 2.13. The Morgan fingerprint density at radius 1 is 1.22 bits per heavy atom. The maximum Gasteiger partial charge on any atom is 0.281 e. The van der Waals surface area contributed by atoms with Crippen molar-refractivity contribution >= 4 is 16.2 Å². The molecule has 3 nitrogen and oxygen atoms in total. The maximum atomic E-state index is 12.0. The molecule has 1 unspecified atom stereocenters. The van der Waals surface area contributed by atoms with Crippen molar-refractivity contribution in [3.05, 3.63) is 42.0 Å². The molecule has 2 rings (SSSR count). The zero-order valence-corrected chi connectivity index (χ0v) is 11.2. The molecule has 0 fully saturated rings. The van der Waals surface area contributed by atoms with Crippen molar-refractivity contribution in [2.45, 2.75) is 31.1 Å². The first kappa shape index (κ1) is 13.0. The van der Waals surface area contributed by atoms with E-state index < -0.39 is 10.0 Å². The Morgan fingerprint density at radius 3 is 2.56 bits per heavy atom. The lowest BCUT2D eigenvalue weighted by atomic mass is 9.96. The number of aryl methyl sites for hydroxylation is 1. The van der Waals surface area contributed by atoms with E-state index in [1.165, 1.54) is 0 Å². The largest absolute Gasteiger partial charge is 0.281 e. The van der Waals surface area contributed by atoms with Crippen LogP contribution in [0.1, 0.15) is 24.8 Å². The topological polar surface area (TPSA) is 46.5 Å². The Morgan fingerprint density at radius 2 is 1.94 bits per heavy atom. The molecule has 96 valence electrons. The first-order chi connectivity index (χ1) is 8.58. The highest BCUT2D eigenvalue weighted by atomic mass is 32.2. The number of nitrogens with zero attached hydrogens (tertiary/aromatic N) is 1. The summed E-state index contributed by atoms with van der Waals surface area (Å²) in [5, 5.41) is 0. The van der Waals surface area contributed by atoms with Crippen LogP contribution in [0.15, 0.2) is 45.7 Å². The maximum absolute atomic E-state index is 12.0. The van der Waals surface area contributed by atoms with Crippen LogP contribution < -0.4 is 0 Å². The normalized spacial score (nSPS) is 20.4. The monoisotopic (exact) mass is 263 g/mol. The van der Waals surface area contributed by atoms with Crippen molar-refractivity contribution in [3.63, 3.8) is 0 Å². The number of hydrogen-bond donors (Lipinski definition) is 0. The summed E-state index contributed by atoms with van der Waals surface area (Å²) in [6.07, 6.45) is 8.65. The predicted octanol–water partition coefficient (Wildman–Crippen LogP) is 3.11. The van der Waals surface area contributed by atoms with Crippen LogP contribution in [0.4, 0.5) is 0 Å². The number of rotatable bonds is 3. The molecule has 0 amide bonds. The molecule has 0 saturated heterocycles. The van der Waals surface area contributed by atoms with Crippen molar-refractivity contribution in [3.8, 4) is 0 Å². The molecule has 0 N–H and O–H groups in total. The molecule has 0 bridgehead atoms. The smallest absolute Gasteiger partial charge is 0.199 e. The fourth-order valence-corrected chi connectivity index (χ4v) is 2.82. The summed E-state index contributed by atoms with van der Waals surface area (Å²) < 4.78 is 27.7. The van der Waals surface area contributed by atoms with Gasteiger partial charge in [-0.3, -0.25) is 0 Å². The summed E-state index contributed by atoms with van der Waals surface area (Å²) in [5.41, 5.74) is 1.04. The molecule has 18 heavy (non-hydrogen) atoms. The fraction of sp³-hybridized carbons (Fsp3) is 0.357. The third-order valence-corrected chi connectivity index (χ3v) is 4.31. The van der Waals surface area contributed by atoms with Crippen LogP contribution in [0.25, 0.3) is 0 Å². The van der Waals surface area contributed by atoms with Gasteiger partial charge in [-0.05, 0) is 44.2 Å². The molecule has 4 heteroatoms. The van der Waals surface area contributed by atoms with Crippen molar-refractivity contribution in [1.82, 2.24) is 0 Å². The van der Waals surface area contributed by atoms with Crippen LogP contribution >= 0.6 is 0 Å². The first-order valence-corrected chi connectivity index (χ1v) is 7.54. The predicted molar refractivity (Wildman–Crippen MR) is 73.3 cm³/mol. The standard InChI is InChI=1S/C14H17NO2S/c1-12-7-9-14(10-8-12)18(16,17)15-11-13-5-3-2-4-6-13/h2-3,7-11,13H,4-6H2,1H3/b15-11+. The third-order valence-electron chi connectivity index (χ3n) is 3.04. The van der Waals surface area contributed by atoms with Gasteiger partial charge in [0, 0.05) is 6.21 Å². The minimum atomic E-state index is -3.53. The molecule has 1 aromatic rings. The second kappa shape index (κ2) is 5.48. The molecule has 0 saturated carbocycles. The third kappa shape index (κ3) is 3.29. The lowest BCUT2D eigenvalue weighted by molar-refractivity contribution is 0.595. The number of hydrogen-bond acceptors (Lipinski definition) is 2. The summed E-state index contributed by atoms with van der Waals surface area (Å²) in [5.74, 6) is 0.246.